The van der Waals surface area contributed by atoms with Crippen molar-refractivity contribution in [2.45, 2.75) is 44.9 Å². The molecule has 1 saturated heterocycles. The van der Waals surface area contributed by atoms with E-state index in [0.29, 0.717) is 37.8 Å². The minimum Gasteiger partial charge on any atom is -0.367 e. The third-order valence-electron chi connectivity index (χ3n) is 7.72. The van der Waals surface area contributed by atoms with Crippen LogP contribution >= 0.6 is 11.3 Å². The predicted molar refractivity (Wildman–Crippen MR) is 151 cm³/mol. The van der Waals surface area contributed by atoms with E-state index in [0.717, 1.165) is 24.2 Å². The zero-order chi connectivity index (χ0) is 30.3. The second-order valence-electron chi connectivity index (χ2n) is 10.9. The van der Waals surface area contributed by atoms with Crippen LogP contribution in [0.25, 0.3) is 10.6 Å². The van der Waals surface area contributed by atoms with Crippen LogP contribution in [0.15, 0.2) is 34.6 Å². The van der Waals surface area contributed by atoms with Gasteiger partial charge in [-0.05, 0) is 45.7 Å². The molecule has 1 aliphatic heterocycles. The molecule has 3 N–H and O–H groups in total. The number of hydrogen-bond acceptors (Lipinski definition) is 7. The number of H-pyrrole nitrogens is 1. The monoisotopic (exact) mass is 606 g/mol. The van der Waals surface area contributed by atoms with Crippen molar-refractivity contribution in [3.63, 3.8) is 0 Å². The highest BCUT2D eigenvalue weighted by molar-refractivity contribution is 7.13. The van der Waals surface area contributed by atoms with Gasteiger partial charge in [-0.3, -0.25) is 19.3 Å². The second kappa shape index (κ2) is 11.5. The Labute approximate surface area is 242 Å². The first-order chi connectivity index (χ1) is 19.8. The van der Waals surface area contributed by atoms with Gasteiger partial charge in [0.05, 0.1) is 22.5 Å². The smallest absolute Gasteiger partial charge is 0.367 e. The maximum absolute atomic E-state index is 15.7. The summed E-state index contributed by atoms with van der Waals surface area (Å²) >= 11 is 1.04. The van der Waals surface area contributed by atoms with Crippen LogP contribution in [0, 0.1) is 11.7 Å². The van der Waals surface area contributed by atoms with Crippen LogP contribution in [0.4, 0.5) is 28.9 Å². The van der Waals surface area contributed by atoms with Crippen molar-refractivity contribution in [3.8, 4) is 10.6 Å². The van der Waals surface area contributed by atoms with Gasteiger partial charge in [0.15, 0.2) is 0 Å². The largest absolute Gasteiger partial charge is 0.417 e. The van der Waals surface area contributed by atoms with Gasteiger partial charge >= 0.3 is 6.18 Å². The molecule has 2 aromatic heterocycles. The highest BCUT2D eigenvalue weighted by Crippen LogP contribution is 2.38. The van der Waals surface area contributed by atoms with Crippen molar-refractivity contribution in [1.29, 1.82) is 0 Å². The highest BCUT2D eigenvalue weighted by atomic mass is 32.1. The van der Waals surface area contributed by atoms with Gasteiger partial charge in [-0.25, -0.2) is 9.37 Å². The molecular weight excluding hydrogens is 576 g/mol. The number of amides is 2. The van der Waals surface area contributed by atoms with Gasteiger partial charge in [0.1, 0.15) is 16.5 Å². The van der Waals surface area contributed by atoms with E-state index in [2.05, 4.69) is 25.5 Å². The van der Waals surface area contributed by atoms with E-state index in [-0.39, 0.29) is 45.6 Å². The molecule has 1 aromatic carbocycles. The number of halogens is 4. The number of nitrogens with zero attached hydrogens (tertiary/aromatic N) is 3. The number of aromatic nitrogens is 2. The van der Waals surface area contributed by atoms with Crippen molar-refractivity contribution in [3.05, 3.63) is 62.8 Å². The fourth-order valence-corrected chi connectivity index (χ4v) is 5.74. The number of piperazine rings is 1. The molecule has 0 unspecified atom stereocenters. The number of pyridine rings is 1. The molecule has 0 spiro atoms. The molecule has 0 bridgehead atoms. The van der Waals surface area contributed by atoms with Crippen LogP contribution in [-0.4, -0.2) is 65.4 Å². The third kappa shape index (κ3) is 6.33. The van der Waals surface area contributed by atoms with Gasteiger partial charge in [-0.15, -0.1) is 11.3 Å². The molecule has 2 amide bonds. The summed E-state index contributed by atoms with van der Waals surface area (Å²) in [6.45, 7) is 5.46. The molecule has 2 fully saturated rings. The number of carbonyl (C=O) groups is 2. The molecule has 3 aromatic rings. The van der Waals surface area contributed by atoms with Crippen LogP contribution in [0.5, 0.6) is 0 Å². The highest BCUT2D eigenvalue weighted by Gasteiger charge is 2.36. The summed E-state index contributed by atoms with van der Waals surface area (Å²) in [5.41, 5.74) is -2.74. The van der Waals surface area contributed by atoms with E-state index in [1.165, 1.54) is 17.5 Å². The SMILES string of the molecule is C[C@@H]1CN(c2cc(F)c(-c3nc(C(=O)NCC4CC4)cs3)cc2NC(=O)c2c[nH]c(=O)cc2C(F)(F)F)C[C@H](C)N1C. The van der Waals surface area contributed by atoms with E-state index in [9.17, 15) is 27.6 Å². The fraction of sp³-hybridized carbons (Fsp3) is 0.429. The van der Waals surface area contributed by atoms with Crippen molar-refractivity contribution in [2.75, 3.05) is 36.9 Å². The van der Waals surface area contributed by atoms with Gasteiger partial charge in [-0.2, -0.15) is 13.2 Å². The average Bonchev–Trinajstić information content (AvgIpc) is 3.63. The summed E-state index contributed by atoms with van der Waals surface area (Å²) in [6, 6.07) is 2.99. The molecule has 1 aliphatic carbocycles. The van der Waals surface area contributed by atoms with Crippen LogP contribution in [0.1, 0.15) is 53.1 Å². The van der Waals surface area contributed by atoms with Crippen molar-refractivity contribution < 1.29 is 27.2 Å². The number of hydrogen-bond donors (Lipinski definition) is 3. The van der Waals surface area contributed by atoms with Gasteiger partial charge in [-0.1, -0.05) is 0 Å². The Bertz CT molecular complexity index is 1560. The van der Waals surface area contributed by atoms with Gasteiger partial charge in [0.25, 0.3) is 11.8 Å². The minimum atomic E-state index is -4.96. The Balaban J connectivity index is 1.53. The summed E-state index contributed by atoms with van der Waals surface area (Å²) in [7, 11) is 1.97. The molecule has 2 aliphatic rings. The predicted octanol–water partition coefficient (Wildman–Crippen LogP) is 4.58. The summed E-state index contributed by atoms with van der Waals surface area (Å²) in [4.78, 5) is 47.8. The van der Waals surface area contributed by atoms with E-state index in [1.54, 1.807) is 0 Å². The Kier molecular flexibility index (Phi) is 8.12. The van der Waals surface area contributed by atoms with E-state index >= 15 is 4.39 Å². The number of nitrogens with one attached hydrogen (secondary N) is 3. The van der Waals surface area contributed by atoms with Crippen LogP contribution < -0.4 is 21.1 Å². The zero-order valence-electron chi connectivity index (χ0n) is 23.1. The molecule has 2 atom stereocenters. The maximum Gasteiger partial charge on any atom is 0.417 e. The Morgan fingerprint density at radius 3 is 2.45 bits per heavy atom. The van der Waals surface area contributed by atoms with Crippen LogP contribution in [-0.2, 0) is 6.18 Å². The van der Waals surface area contributed by atoms with Gasteiger partial charge in [0.2, 0.25) is 5.56 Å². The first-order valence-corrected chi connectivity index (χ1v) is 14.4. The minimum absolute atomic E-state index is 0.0203. The molecule has 1 saturated carbocycles. The topological polar surface area (TPSA) is 110 Å². The molecular formula is C28H30F4N6O3S. The van der Waals surface area contributed by atoms with Gasteiger partial charge in [0, 0.05) is 61.0 Å². The van der Waals surface area contributed by atoms with E-state index in [1.807, 2.05) is 25.8 Å². The molecule has 3 heterocycles. The average molecular weight is 607 g/mol. The molecule has 5 rings (SSSR count). The number of aromatic amines is 1. The van der Waals surface area contributed by atoms with Crippen molar-refractivity contribution in [1.82, 2.24) is 20.2 Å². The quantitative estimate of drug-likeness (QED) is 0.340. The van der Waals surface area contributed by atoms with Crippen LogP contribution in [0.3, 0.4) is 0 Å². The number of alkyl halides is 3. The van der Waals surface area contributed by atoms with E-state index < -0.39 is 34.6 Å². The standard InChI is InChI=1S/C28H30F4N6O3S/c1-14-11-38(12-15(2)37(14)3)23-8-20(29)17(27-36-22(13-42-27)26(41)34-9-16-4-5-16)6-21(23)35-25(40)18-10-33-24(39)7-19(18)28(30,31)32/h6-8,10,13-16H,4-5,9,11-12H2,1-3H3,(H,33,39)(H,34,41)(H,35,40)/t14-,15+. The lowest BCUT2D eigenvalue weighted by Gasteiger charge is -2.44. The zero-order valence-corrected chi connectivity index (χ0v) is 24.0. The first kappa shape index (κ1) is 29.7. The molecule has 42 heavy (non-hydrogen) atoms. The van der Waals surface area contributed by atoms with Gasteiger partial charge < -0.3 is 20.5 Å². The Hall–Kier alpha value is -3.78. The molecule has 224 valence electrons. The normalized spacial score (nSPS) is 19.5. The number of benzene rings is 1. The number of rotatable bonds is 7. The van der Waals surface area contributed by atoms with E-state index in [4.69, 9.17) is 0 Å². The summed E-state index contributed by atoms with van der Waals surface area (Å²) in [6.07, 6.45) is -2.14. The number of anilines is 2. The summed E-state index contributed by atoms with van der Waals surface area (Å²) in [5, 5.41) is 7.00. The fourth-order valence-electron chi connectivity index (χ4n) is 4.92. The van der Waals surface area contributed by atoms with Crippen molar-refractivity contribution in [2.24, 2.45) is 5.92 Å². The lowest BCUT2D eigenvalue weighted by atomic mass is 10.1. The van der Waals surface area contributed by atoms with Crippen molar-refractivity contribution >= 4 is 34.5 Å². The lowest BCUT2D eigenvalue weighted by Crippen LogP contribution is -2.55. The lowest BCUT2D eigenvalue weighted by molar-refractivity contribution is -0.138. The molecule has 14 heteroatoms. The second-order valence-corrected chi connectivity index (χ2v) is 11.7. The Morgan fingerprint density at radius 1 is 1.12 bits per heavy atom. The Morgan fingerprint density at radius 2 is 1.81 bits per heavy atom. The maximum atomic E-state index is 15.7. The van der Waals surface area contributed by atoms with Crippen LogP contribution in [0.2, 0.25) is 0 Å². The molecule has 9 nitrogen and oxygen atoms in total. The summed E-state index contributed by atoms with van der Waals surface area (Å²) < 4.78 is 56.7. The molecule has 0 radical (unpaired) electrons. The number of likely N-dealkylation sites (N-methyl/N-ethyl adjacent to an activating group) is 1. The first-order valence-electron chi connectivity index (χ1n) is 13.5. The third-order valence-corrected chi connectivity index (χ3v) is 8.60. The number of carbonyl (C=O) groups excluding carboxylic acids is 2. The number of thiazole rings is 1. The summed E-state index contributed by atoms with van der Waals surface area (Å²) in [5.74, 6) is -1.72.